The zero-order valence-electron chi connectivity index (χ0n) is 9.94. The maximum absolute atomic E-state index is 12.9. The van der Waals surface area contributed by atoms with Crippen LogP contribution in [0.5, 0.6) is 5.75 Å². The Hall–Kier alpha value is -1.40. The van der Waals surface area contributed by atoms with Crippen LogP contribution in [0.25, 0.3) is 0 Å². The van der Waals surface area contributed by atoms with E-state index in [0.717, 1.165) is 10.4 Å². The van der Waals surface area contributed by atoms with Gasteiger partial charge >= 0.3 is 5.97 Å². The van der Waals surface area contributed by atoms with E-state index in [1.807, 2.05) is 6.92 Å². The van der Waals surface area contributed by atoms with Crippen molar-refractivity contribution in [1.29, 1.82) is 0 Å². The standard InChI is InChI=1S/C13H10BrFO3S/c1-7-8(4-12(19-7)13(16)17)6-18-11-3-2-9(15)5-10(11)14/h2-5H,6H2,1H3,(H,16,17). The van der Waals surface area contributed by atoms with Crippen LogP contribution in [0, 0.1) is 12.7 Å². The first-order chi connectivity index (χ1) is 8.97. The van der Waals surface area contributed by atoms with Gasteiger partial charge in [-0.15, -0.1) is 11.3 Å². The number of carbonyl (C=O) groups is 1. The second-order valence-electron chi connectivity index (χ2n) is 3.86. The molecule has 0 saturated carbocycles. The first-order valence-electron chi connectivity index (χ1n) is 5.38. The molecule has 100 valence electrons. The Kier molecular flexibility index (Phi) is 4.21. The molecular formula is C13H10BrFO3S. The molecule has 0 radical (unpaired) electrons. The Labute approximate surface area is 121 Å². The highest BCUT2D eigenvalue weighted by atomic mass is 79.9. The van der Waals surface area contributed by atoms with E-state index in [4.69, 9.17) is 9.84 Å². The van der Waals surface area contributed by atoms with Crippen molar-refractivity contribution in [3.63, 3.8) is 0 Å². The van der Waals surface area contributed by atoms with Gasteiger partial charge in [-0.05, 0) is 47.1 Å². The summed E-state index contributed by atoms with van der Waals surface area (Å²) in [6.07, 6.45) is 0. The molecule has 1 heterocycles. The molecule has 0 unspecified atom stereocenters. The lowest BCUT2D eigenvalue weighted by Crippen LogP contribution is -1.97. The smallest absolute Gasteiger partial charge is 0.345 e. The van der Waals surface area contributed by atoms with Gasteiger partial charge in [0.25, 0.3) is 0 Å². The lowest BCUT2D eigenvalue weighted by molar-refractivity contribution is 0.0702. The van der Waals surface area contributed by atoms with E-state index in [0.29, 0.717) is 10.2 Å². The molecule has 1 aromatic heterocycles. The van der Waals surface area contributed by atoms with Gasteiger partial charge in [-0.2, -0.15) is 0 Å². The molecule has 3 nitrogen and oxygen atoms in total. The molecule has 0 spiro atoms. The van der Waals surface area contributed by atoms with Gasteiger partial charge in [0.05, 0.1) is 4.47 Å². The van der Waals surface area contributed by atoms with Gasteiger partial charge in [0.2, 0.25) is 0 Å². The van der Waals surface area contributed by atoms with Crippen molar-refractivity contribution in [2.45, 2.75) is 13.5 Å². The quantitative estimate of drug-likeness (QED) is 0.902. The lowest BCUT2D eigenvalue weighted by Gasteiger charge is -2.07. The number of hydrogen-bond acceptors (Lipinski definition) is 3. The molecular weight excluding hydrogens is 335 g/mol. The van der Waals surface area contributed by atoms with Crippen LogP contribution in [0.3, 0.4) is 0 Å². The Bertz CT molecular complexity index is 624. The molecule has 2 rings (SSSR count). The molecule has 0 bridgehead atoms. The molecule has 19 heavy (non-hydrogen) atoms. The minimum atomic E-state index is -0.942. The Morgan fingerprint density at radius 1 is 1.47 bits per heavy atom. The molecule has 0 fully saturated rings. The Morgan fingerprint density at radius 3 is 2.79 bits per heavy atom. The topological polar surface area (TPSA) is 46.5 Å². The SMILES string of the molecule is Cc1sc(C(=O)O)cc1COc1ccc(F)cc1Br. The highest BCUT2D eigenvalue weighted by Crippen LogP contribution is 2.28. The molecule has 1 aromatic carbocycles. The third-order valence-electron chi connectivity index (χ3n) is 2.51. The Morgan fingerprint density at radius 2 is 2.21 bits per heavy atom. The third-order valence-corrected chi connectivity index (χ3v) is 4.21. The van der Waals surface area contributed by atoms with E-state index in [9.17, 15) is 9.18 Å². The van der Waals surface area contributed by atoms with E-state index < -0.39 is 5.97 Å². The number of carboxylic acids is 1. The summed E-state index contributed by atoms with van der Waals surface area (Å²) in [6.45, 7) is 2.09. The predicted molar refractivity (Wildman–Crippen MR) is 74.4 cm³/mol. The van der Waals surface area contributed by atoms with Crippen LogP contribution in [-0.4, -0.2) is 11.1 Å². The van der Waals surface area contributed by atoms with Crippen LogP contribution in [0.4, 0.5) is 4.39 Å². The first kappa shape index (κ1) is 14.0. The van der Waals surface area contributed by atoms with E-state index in [1.54, 1.807) is 6.07 Å². The average molecular weight is 345 g/mol. The number of carboxylic acid groups (broad SMARTS) is 1. The van der Waals surface area contributed by atoms with Crippen LogP contribution in [0.2, 0.25) is 0 Å². The maximum atomic E-state index is 12.9. The number of hydrogen-bond donors (Lipinski definition) is 1. The summed E-state index contributed by atoms with van der Waals surface area (Å²) >= 11 is 4.42. The summed E-state index contributed by atoms with van der Waals surface area (Å²) in [5.41, 5.74) is 0.818. The first-order valence-corrected chi connectivity index (χ1v) is 6.99. The highest BCUT2D eigenvalue weighted by Gasteiger charge is 2.12. The molecule has 0 atom stereocenters. The zero-order valence-corrected chi connectivity index (χ0v) is 12.3. The summed E-state index contributed by atoms with van der Waals surface area (Å²) in [7, 11) is 0. The van der Waals surface area contributed by atoms with E-state index in [2.05, 4.69) is 15.9 Å². The maximum Gasteiger partial charge on any atom is 0.345 e. The largest absolute Gasteiger partial charge is 0.488 e. The fourth-order valence-electron chi connectivity index (χ4n) is 1.52. The number of halogens is 2. The molecule has 0 aliphatic heterocycles. The van der Waals surface area contributed by atoms with Crippen molar-refractivity contribution in [2.24, 2.45) is 0 Å². The summed E-state index contributed by atoms with van der Waals surface area (Å²) < 4.78 is 19.0. The number of rotatable bonds is 4. The molecule has 6 heteroatoms. The van der Waals surface area contributed by atoms with Gasteiger partial charge in [-0.25, -0.2) is 9.18 Å². The van der Waals surface area contributed by atoms with Gasteiger partial charge in [0, 0.05) is 10.4 Å². The molecule has 0 aliphatic carbocycles. The third kappa shape index (κ3) is 3.33. The normalized spacial score (nSPS) is 10.5. The van der Waals surface area contributed by atoms with Gasteiger partial charge < -0.3 is 9.84 Å². The molecule has 2 aromatic rings. The Balaban J connectivity index is 2.12. The molecule has 1 N–H and O–H groups in total. The number of benzene rings is 1. The second kappa shape index (κ2) is 5.71. The van der Waals surface area contributed by atoms with Crippen molar-refractivity contribution >= 4 is 33.2 Å². The fraction of sp³-hybridized carbons (Fsp3) is 0.154. The van der Waals surface area contributed by atoms with E-state index >= 15 is 0 Å². The fourth-order valence-corrected chi connectivity index (χ4v) is 2.85. The van der Waals surface area contributed by atoms with Crippen molar-refractivity contribution in [1.82, 2.24) is 0 Å². The van der Waals surface area contributed by atoms with E-state index in [1.165, 1.54) is 29.5 Å². The summed E-state index contributed by atoms with van der Waals surface area (Å²) in [5.74, 6) is -0.773. The zero-order chi connectivity index (χ0) is 14.0. The molecule has 0 saturated heterocycles. The van der Waals surface area contributed by atoms with Crippen molar-refractivity contribution in [3.05, 3.63) is 49.9 Å². The second-order valence-corrected chi connectivity index (χ2v) is 5.97. The van der Waals surface area contributed by atoms with Crippen LogP contribution >= 0.6 is 27.3 Å². The number of ether oxygens (including phenoxy) is 1. The van der Waals surface area contributed by atoms with Crippen molar-refractivity contribution in [2.75, 3.05) is 0 Å². The minimum absolute atomic E-state index is 0.250. The monoisotopic (exact) mass is 344 g/mol. The van der Waals surface area contributed by atoms with Gasteiger partial charge in [0.15, 0.2) is 0 Å². The van der Waals surface area contributed by atoms with Gasteiger partial charge in [-0.1, -0.05) is 0 Å². The number of aryl methyl sites for hydroxylation is 1. The minimum Gasteiger partial charge on any atom is -0.488 e. The average Bonchev–Trinajstić information content (AvgIpc) is 2.70. The lowest BCUT2D eigenvalue weighted by atomic mass is 10.2. The van der Waals surface area contributed by atoms with Crippen LogP contribution in [-0.2, 0) is 6.61 Å². The summed E-state index contributed by atoms with van der Waals surface area (Å²) in [4.78, 5) is 12.0. The van der Waals surface area contributed by atoms with Crippen molar-refractivity contribution in [3.8, 4) is 5.75 Å². The number of thiophene rings is 1. The highest BCUT2D eigenvalue weighted by molar-refractivity contribution is 9.10. The molecule has 0 amide bonds. The predicted octanol–water partition coefficient (Wildman–Crippen LogP) is 4.24. The van der Waals surface area contributed by atoms with Crippen LogP contribution < -0.4 is 4.74 Å². The van der Waals surface area contributed by atoms with Gasteiger partial charge in [0.1, 0.15) is 23.1 Å². The summed E-state index contributed by atoms with van der Waals surface area (Å²) in [6, 6.07) is 5.75. The van der Waals surface area contributed by atoms with E-state index in [-0.39, 0.29) is 17.3 Å². The van der Waals surface area contributed by atoms with Gasteiger partial charge in [-0.3, -0.25) is 0 Å². The van der Waals surface area contributed by atoms with Crippen molar-refractivity contribution < 1.29 is 19.0 Å². The molecule has 0 aliphatic rings. The van der Waals surface area contributed by atoms with Crippen LogP contribution in [0.15, 0.2) is 28.7 Å². The number of aromatic carboxylic acids is 1. The van der Waals surface area contributed by atoms with Crippen LogP contribution in [0.1, 0.15) is 20.1 Å². The summed E-state index contributed by atoms with van der Waals surface area (Å²) in [5, 5.41) is 8.90.